The molecule has 3 aromatic rings. The van der Waals surface area contributed by atoms with Gasteiger partial charge in [-0.15, -0.1) is 0 Å². The molecule has 2 amide bonds. The lowest BCUT2D eigenvalue weighted by molar-refractivity contribution is 0.255. The first kappa shape index (κ1) is 17.9. The fraction of sp³-hybridized carbons (Fsp3) is 0.238. The van der Waals surface area contributed by atoms with Gasteiger partial charge in [0.05, 0.1) is 34.3 Å². The summed E-state index contributed by atoms with van der Waals surface area (Å²) in [6.07, 6.45) is 5.93. The summed E-state index contributed by atoms with van der Waals surface area (Å²) in [7, 11) is 0. The number of nitrogens with zero attached hydrogens (tertiary/aromatic N) is 5. The Hall–Kier alpha value is -3.19. The molecule has 8 heteroatoms. The number of hydrogen-bond donors (Lipinski definition) is 1. The summed E-state index contributed by atoms with van der Waals surface area (Å²) in [5, 5.41) is 3.50. The molecule has 7 nitrogen and oxygen atoms in total. The number of halogens is 1. The molecule has 146 valence electrons. The second-order valence-corrected chi connectivity index (χ2v) is 7.69. The first-order chi connectivity index (χ1) is 14.1. The summed E-state index contributed by atoms with van der Waals surface area (Å²) in [6.45, 7) is 3.58. The summed E-state index contributed by atoms with van der Waals surface area (Å²) in [5.74, 6) is 0.633. The van der Waals surface area contributed by atoms with Crippen LogP contribution in [0.15, 0.2) is 48.9 Å². The maximum atomic E-state index is 13.2. The first-order valence-corrected chi connectivity index (χ1v) is 9.87. The molecule has 0 radical (unpaired) electrons. The van der Waals surface area contributed by atoms with Crippen molar-refractivity contribution in [1.82, 2.24) is 15.0 Å². The molecule has 5 heterocycles. The van der Waals surface area contributed by atoms with Crippen LogP contribution in [0.25, 0.3) is 11.3 Å². The third-order valence-corrected chi connectivity index (χ3v) is 5.62. The number of hydrogen-bond acceptors (Lipinski definition) is 5. The largest absolute Gasteiger partial charge is 0.366 e. The van der Waals surface area contributed by atoms with Crippen molar-refractivity contribution in [2.45, 2.75) is 19.4 Å². The fourth-order valence-corrected chi connectivity index (χ4v) is 4.26. The third-order valence-electron chi connectivity index (χ3n) is 5.34. The van der Waals surface area contributed by atoms with Crippen molar-refractivity contribution in [3.63, 3.8) is 0 Å². The number of anilines is 3. The second-order valence-electron chi connectivity index (χ2n) is 7.28. The summed E-state index contributed by atoms with van der Waals surface area (Å²) in [6, 6.07) is 9.21. The number of carbonyl (C=O) groups excluding carboxylic acids is 1. The molecule has 0 aromatic carbocycles. The van der Waals surface area contributed by atoms with E-state index in [-0.39, 0.29) is 12.1 Å². The van der Waals surface area contributed by atoms with E-state index in [1.807, 2.05) is 31.2 Å². The molecule has 1 fully saturated rings. The molecule has 1 atom stereocenters. The zero-order valence-electron chi connectivity index (χ0n) is 15.8. The highest BCUT2D eigenvalue weighted by Crippen LogP contribution is 2.43. The van der Waals surface area contributed by atoms with E-state index in [1.165, 1.54) is 0 Å². The van der Waals surface area contributed by atoms with E-state index in [2.05, 4.69) is 20.2 Å². The standard InChI is InChI=1S/C21H19ClN6O/c1-13-9-14(4-7-24-13)19-17(22)10-18-20(26-19)28(16-5-8-27(18)12-16)21(29)25-15-3-2-6-23-11-15/h2-4,6-7,9-11,16H,5,8,12H2,1H3,(H,25,29)/t16-/m0/s1. The van der Waals surface area contributed by atoms with Crippen LogP contribution in [0.5, 0.6) is 0 Å². The highest BCUT2D eigenvalue weighted by atomic mass is 35.5. The molecule has 0 saturated carbocycles. The SMILES string of the molecule is Cc1cc(-c2nc3c(cc2Cl)N2CC[C@@H](C2)N3C(=O)Nc2cccnc2)ccn1. The number of amides is 2. The van der Waals surface area contributed by atoms with E-state index in [1.54, 1.807) is 29.6 Å². The Labute approximate surface area is 173 Å². The summed E-state index contributed by atoms with van der Waals surface area (Å²) in [4.78, 5) is 30.4. The molecular formula is C21H19ClN6O. The monoisotopic (exact) mass is 406 g/mol. The average molecular weight is 407 g/mol. The first-order valence-electron chi connectivity index (χ1n) is 9.49. The highest BCUT2D eigenvalue weighted by Gasteiger charge is 2.40. The van der Waals surface area contributed by atoms with Crippen molar-refractivity contribution >= 4 is 34.8 Å². The van der Waals surface area contributed by atoms with Crippen molar-refractivity contribution in [1.29, 1.82) is 0 Å². The van der Waals surface area contributed by atoms with Crippen LogP contribution < -0.4 is 15.1 Å². The minimum Gasteiger partial charge on any atom is -0.366 e. The number of nitrogens with one attached hydrogen (secondary N) is 1. The molecule has 2 aliphatic rings. The van der Waals surface area contributed by atoms with Crippen LogP contribution >= 0.6 is 11.6 Å². The molecule has 3 aromatic heterocycles. The van der Waals surface area contributed by atoms with Gasteiger partial charge >= 0.3 is 6.03 Å². The van der Waals surface area contributed by atoms with Gasteiger partial charge in [-0.3, -0.25) is 14.9 Å². The lowest BCUT2D eigenvalue weighted by Crippen LogP contribution is -2.48. The minimum absolute atomic E-state index is 0.0693. The van der Waals surface area contributed by atoms with E-state index in [9.17, 15) is 4.79 Å². The molecule has 0 aliphatic carbocycles. The van der Waals surface area contributed by atoms with Crippen molar-refractivity contribution in [3.05, 3.63) is 59.6 Å². The summed E-state index contributed by atoms with van der Waals surface area (Å²) < 4.78 is 0. The van der Waals surface area contributed by atoms with E-state index < -0.39 is 0 Å². The van der Waals surface area contributed by atoms with E-state index >= 15 is 0 Å². The Morgan fingerprint density at radius 1 is 1.28 bits per heavy atom. The molecule has 1 N–H and O–H groups in total. The number of aromatic nitrogens is 3. The Morgan fingerprint density at radius 3 is 2.97 bits per heavy atom. The molecule has 2 bridgehead atoms. The highest BCUT2D eigenvalue weighted by molar-refractivity contribution is 6.33. The molecule has 0 unspecified atom stereocenters. The molecular weight excluding hydrogens is 388 g/mol. The topological polar surface area (TPSA) is 74.2 Å². The quantitative estimate of drug-likeness (QED) is 0.692. The number of rotatable bonds is 2. The Bertz CT molecular complexity index is 1090. The van der Waals surface area contributed by atoms with Crippen LogP contribution in [0.4, 0.5) is 22.0 Å². The number of fused-ring (bicyclic) bond motifs is 4. The van der Waals surface area contributed by atoms with Crippen molar-refractivity contribution in [2.24, 2.45) is 0 Å². The minimum atomic E-state index is -0.211. The van der Waals surface area contributed by atoms with Crippen LogP contribution in [0.1, 0.15) is 12.1 Å². The molecule has 0 spiro atoms. The van der Waals surface area contributed by atoms with Gasteiger partial charge in [0, 0.05) is 36.7 Å². The van der Waals surface area contributed by atoms with Crippen LogP contribution in [0.3, 0.4) is 0 Å². The number of aryl methyl sites for hydroxylation is 1. The van der Waals surface area contributed by atoms with E-state index in [4.69, 9.17) is 16.6 Å². The van der Waals surface area contributed by atoms with Gasteiger partial charge in [-0.05, 0) is 43.7 Å². The number of pyridine rings is 3. The number of urea groups is 1. The maximum Gasteiger partial charge on any atom is 0.327 e. The zero-order valence-corrected chi connectivity index (χ0v) is 16.6. The van der Waals surface area contributed by atoms with Crippen molar-refractivity contribution < 1.29 is 4.79 Å². The van der Waals surface area contributed by atoms with Gasteiger partial charge in [-0.2, -0.15) is 0 Å². The van der Waals surface area contributed by atoms with Crippen LogP contribution in [-0.2, 0) is 0 Å². The Balaban J connectivity index is 1.58. The fourth-order valence-electron chi connectivity index (χ4n) is 4.00. The van der Waals surface area contributed by atoms with E-state index in [0.717, 1.165) is 36.5 Å². The summed E-state index contributed by atoms with van der Waals surface area (Å²) >= 11 is 6.60. The van der Waals surface area contributed by atoms with Crippen LogP contribution in [0, 0.1) is 6.92 Å². The molecule has 1 saturated heterocycles. The molecule has 2 aliphatic heterocycles. The van der Waals surface area contributed by atoms with Crippen molar-refractivity contribution in [3.8, 4) is 11.3 Å². The normalized spacial score (nSPS) is 17.2. The average Bonchev–Trinajstić information content (AvgIpc) is 3.14. The van der Waals surface area contributed by atoms with Crippen LogP contribution in [-0.4, -0.2) is 40.1 Å². The number of carbonyl (C=O) groups is 1. The zero-order chi connectivity index (χ0) is 20.0. The lowest BCUT2D eigenvalue weighted by atomic mass is 10.1. The third kappa shape index (κ3) is 3.17. The van der Waals surface area contributed by atoms with Gasteiger partial charge in [0.15, 0.2) is 5.82 Å². The second kappa shape index (κ2) is 7.00. The van der Waals surface area contributed by atoms with Gasteiger partial charge < -0.3 is 10.2 Å². The van der Waals surface area contributed by atoms with Crippen LogP contribution in [0.2, 0.25) is 5.02 Å². The predicted octanol–water partition coefficient (Wildman–Crippen LogP) is 4.13. The van der Waals surface area contributed by atoms with Gasteiger partial charge in [0.25, 0.3) is 0 Å². The maximum absolute atomic E-state index is 13.2. The van der Waals surface area contributed by atoms with E-state index in [0.29, 0.717) is 22.2 Å². The van der Waals surface area contributed by atoms with Gasteiger partial charge in [-0.25, -0.2) is 9.78 Å². The Kier molecular flexibility index (Phi) is 4.32. The Morgan fingerprint density at radius 2 is 2.17 bits per heavy atom. The summed E-state index contributed by atoms with van der Waals surface area (Å²) in [5.41, 5.74) is 3.95. The lowest BCUT2D eigenvalue weighted by Gasteiger charge is -2.36. The van der Waals surface area contributed by atoms with Gasteiger partial charge in [0.1, 0.15) is 0 Å². The van der Waals surface area contributed by atoms with Gasteiger partial charge in [-0.1, -0.05) is 11.6 Å². The predicted molar refractivity (Wildman–Crippen MR) is 114 cm³/mol. The van der Waals surface area contributed by atoms with Crippen molar-refractivity contribution in [2.75, 3.05) is 28.2 Å². The van der Waals surface area contributed by atoms with Gasteiger partial charge in [0.2, 0.25) is 0 Å². The smallest absolute Gasteiger partial charge is 0.327 e. The molecule has 5 rings (SSSR count). The molecule has 29 heavy (non-hydrogen) atoms.